The van der Waals surface area contributed by atoms with Crippen LogP contribution in [0.25, 0.3) is 28.0 Å². The van der Waals surface area contributed by atoms with Crippen LogP contribution in [0.4, 0.5) is 0 Å². The minimum Gasteiger partial charge on any atom is -0.493 e. The lowest BCUT2D eigenvalue weighted by atomic mass is 9.86. The van der Waals surface area contributed by atoms with Gasteiger partial charge in [0.25, 0.3) is 5.56 Å². The van der Waals surface area contributed by atoms with E-state index in [0.29, 0.717) is 54.0 Å². The van der Waals surface area contributed by atoms with Crippen molar-refractivity contribution in [3.63, 3.8) is 0 Å². The first kappa shape index (κ1) is 22.7. The number of benzene rings is 1. The van der Waals surface area contributed by atoms with Crippen LogP contribution in [0.1, 0.15) is 50.8 Å². The number of amides is 1. The van der Waals surface area contributed by atoms with Crippen LogP contribution in [0.3, 0.4) is 0 Å². The second-order valence-electron chi connectivity index (χ2n) is 8.25. The van der Waals surface area contributed by atoms with E-state index < -0.39 is 0 Å². The van der Waals surface area contributed by atoms with Gasteiger partial charge in [-0.25, -0.2) is 10.5 Å². The lowest BCUT2D eigenvalue weighted by Crippen LogP contribution is -2.28. The molecule has 0 aliphatic heterocycles. The normalized spacial score (nSPS) is 16.0. The average molecular weight is 452 g/mol. The maximum Gasteiger partial charge on any atom is 0.277 e. The van der Waals surface area contributed by atoms with E-state index in [-0.39, 0.29) is 17.4 Å². The number of aromatic amines is 1. The Hall–Kier alpha value is -3.46. The Morgan fingerprint density at radius 3 is 2.85 bits per heavy atom. The molecule has 9 nitrogen and oxygen atoms in total. The van der Waals surface area contributed by atoms with Crippen molar-refractivity contribution in [3.8, 4) is 17.1 Å². The van der Waals surface area contributed by atoms with Crippen molar-refractivity contribution in [1.82, 2.24) is 25.2 Å². The Bertz CT molecular complexity index is 1270. The monoisotopic (exact) mass is 451 g/mol. The molecule has 2 aromatic heterocycles. The van der Waals surface area contributed by atoms with Crippen LogP contribution >= 0.6 is 0 Å². The van der Waals surface area contributed by atoms with Gasteiger partial charge in [0.1, 0.15) is 17.1 Å². The second-order valence-corrected chi connectivity index (χ2v) is 8.25. The van der Waals surface area contributed by atoms with Gasteiger partial charge in [0.05, 0.1) is 17.9 Å². The molecule has 0 bridgehead atoms. The van der Waals surface area contributed by atoms with Crippen LogP contribution in [-0.4, -0.2) is 37.5 Å². The third-order valence-electron chi connectivity index (χ3n) is 6.05. The van der Waals surface area contributed by atoms with Gasteiger partial charge in [-0.3, -0.25) is 19.5 Å². The molecule has 1 aromatic carbocycles. The van der Waals surface area contributed by atoms with Crippen molar-refractivity contribution < 1.29 is 14.7 Å². The van der Waals surface area contributed by atoms with Gasteiger partial charge in [0.15, 0.2) is 5.52 Å². The highest BCUT2D eigenvalue weighted by atomic mass is 16.5. The smallest absolute Gasteiger partial charge is 0.277 e. The van der Waals surface area contributed by atoms with Gasteiger partial charge < -0.3 is 9.72 Å². The van der Waals surface area contributed by atoms with Gasteiger partial charge in [-0.15, -0.1) is 0 Å². The van der Waals surface area contributed by atoms with Gasteiger partial charge in [-0.05, 0) is 55.9 Å². The molecular formula is C24H29N5O4. The quantitative estimate of drug-likeness (QED) is 0.374. The first-order valence-corrected chi connectivity index (χ1v) is 11.3. The predicted octanol–water partition coefficient (Wildman–Crippen LogP) is 3.36. The molecule has 0 radical (unpaired) electrons. The number of allylic oxidation sites excluding steroid dienone is 2. The number of rotatable bonds is 7. The topological polar surface area (TPSA) is 122 Å². The number of hydrogen-bond donors (Lipinski definition) is 3. The molecule has 0 fully saturated rings. The third kappa shape index (κ3) is 4.41. The van der Waals surface area contributed by atoms with Crippen molar-refractivity contribution in [2.24, 2.45) is 13.0 Å². The molecule has 174 valence electrons. The summed E-state index contributed by atoms with van der Waals surface area (Å²) in [6.07, 6.45) is 5.58. The summed E-state index contributed by atoms with van der Waals surface area (Å²) in [4.78, 5) is 32.4. The number of nitrogens with one attached hydrogen (secondary N) is 2. The van der Waals surface area contributed by atoms with Gasteiger partial charge in [-0.2, -0.15) is 5.10 Å². The molecule has 3 N–H and O–H groups in total. The summed E-state index contributed by atoms with van der Waals surface area (Å²) in [6.45, 7) is 4.46. The number of H-pyrrole nitrogens is 1. The lowest BCUT2D eigenvalue weighted by molar-refractivity contribution is -0.133. The zero-order valence-electron chi connectivity index (χ0n) is 19.1. The Kier molecular flexibility index (Phi) is 6.60. The molecule has 3 aromatic rings. The fourth-order valence-corrected chi connectivity index (χ4v) is 4.40. The molecule has 0 saturated carbocycles. The fourth-order valence-electron chi connectivity index (χ4n) is 4.40. The number of carbonyl (C=O) groups excluding carboxylic acids is 1. The van der Waals surface area contributed by atoms with Gasteiger partial charge >= 0.3 is 0 Å². The second kappa shape index (κ2) is 9.58. The maximum atomic E-state index is 12.9. The highest BCUT2D eigenvalue weighted by molar-refractivity contribution is 5.82. The van der Waals surface area contributed by atoms with E-state index >= 15 is 0 Å². The number of fused-ring (bicyclic) bond motifs is 1. The Morgan fingerprint density at radius 1 is 1.36 bits per heavy atom. The number of carbonyl (C=O) groups is 1. The number of aromatic nitrogens is 4. The zero-order chi connectivity index (χ0) is 23.5. The Morgan fingerprint density at radius 2 is 2.18 bits per heavy atom. The number of ether oxygens (including phenoxy) is 1. The highest BCUT2D eigenvalue weighted by Crippen LogP contribution is 2.36. The van der Waals surface area contributed by atoms with Crippen molar-refractivity contribution >= 4 is 22.5 Å². The summed E-state index contributed by atoms with van der Waals surface area (Å²) in [5, 5.41) is 13.4. The standard InChI is InChI=1S/C24H29N5O4/c1-4-6-18-20-21(29(3)27-18)24(31)26-22(25-20)17-13-16(11-12-19(17)33-5-2)14-7-9-15(10-8-14)23(30)28-32/h7,11-13,15,32H,4-6,8-10H2,1-3H3,(H,28,30)(H,25,26,31). The first-order valence-electron chi connectivity index (χ1n) is 11.3. The third-order valence-corrected chi connectivity index (χ3v) is 6.05. The molecular weight excluding hydrogens is 422 g/mol. The summed E-state index contributed by atoms with van der Waals surface area (Å²) in [6, 6.07) is 5.85. The van der Waals surface area contributed by atoms with Crippen molar-refractivity contribution in [3.05, 3.63) is 45.9 Å². The van der Waals surface area contributed by atoms with Crippen LogP contribution in [0.5, 0.6) is 5.75 Å². The molecule has 33 heavy (non-hydrogen) atoms. The number of hydrogen-bond acceptors (Lipinski definition) is 6. The molecule has 1 aliphatic carbocycles. The first-order chi connectivity index (χ1) is 16.0. The number of nitrogens with zero attached hydrogens (tertiary/aromatic N) is 3. The Balaban J connectivity index is 1.79. The van der Waals surface area contributed by atoms with Crippen LogP contribution in [-0.2, 0) is 18.3 Å². The predicted molar refractivity (Wildman–Crippen MR) is 125 cm³/mol. The van der Waals surface area contributed by atoms with Crippen molar-refractivity contribution in [2.75, 3.05) is 6.61 Å². The maximum absolute atomic E-state index is 12.9. The molecule has 1 aliphatic rings. The summed E-state index contributed by atoms with van der Waals surface area (Å²) >= 11 is 0. The van der Waals surface area contributed by atoms with Crippen molar-refractivity contribution in [2.45, 2.75) is 46.0 Å². The summed E-state index contributed by atoms with van der Waals surface area (Å²) in [5.74, 6) is 0.492. The van der Waals surface area contributed by atoms with Gasteiger partial charge in [0.2, 0.25) is 5.91 Å². The van der Waals surface area contributed by atoms with Crippen LogP contribution < -0.4 is 15.8 Å². The SMILES string of the molecule is CCCc1nn(C)c2c(=O)[nH]c(-c3cc(C4=CCC(C(=O)NO)CC4)ccc3OCC)nc12. The van der Waals surface area contributed by atoms with E-state index in [4.69, 9.17) is 14.9 Å². The number of hydroxylamine groups is 1. The van der Waals surface area contributed by atoms with E-state index in [1.54, 1.807) is 17.2 Å². The minimum absolute atomic E-state index is 0.232. The van der Waals surface area contributed by atoms with E-state index in [2.05, 4.69) is 17.0 Å². The summed E-state index contributed by atoms with van der Waals surface area (Å²) < 4.78 is 7.43. The molecule has 1 unspecified atom stereocenters. The molecule has 2 heterocycles. The highest BCUT2D eigenvalue weighted by Gasteiger charge is 2.23. The van der Waals surface area contributed by atoms with Crippen LogP contribution in [0.15, 0.2) is 29.1 Å². The summed E-state index contributed by atoms with van der Waals surface area (Å²) in [5.41, 5.74) is 6.18. The van der Waals surface area contributed by atoms with E-state index in [1.165, 1.54) is 0 Å². The van der Waals surface area contributed by atoms with Gasteiger partial charge in [-0.1, -0.05) is 25.5 Å². The molecule has 0 saturated heterocycles. The van der Waals surface area contributed by atoms with Crippen molar-refractivity contribution in [1.29, 1.82) is 0 Å². The molecule has 1 amide bonds. The molecule has 9 heteroatoms. The zero-order valence-corrected chi connectivity index (χ0v) is 19.1. The minimum atomic E-state index is -0.355. The molecule has 0 spiro atoms. The molecule has 1 atom stereocenters. The van der Waals surface area contributed by atoms with Crippen LogP contribution in [0, 0.1) is 5.92 Å². The Labute approximate surface area is 191 Å². The van der Waals surface area contributed by atoms with E-state index in [1.807, 2.05) is 31.2 Å². The lowest BCUT2D eigenvalue weighted by Gasteiger charge is -2.21. The van der Waals surface area contributed by atoms with E-state index in [9.17, 15) is 9.59 Å². The van der Waals surface area contributed by atoms with E-state index in [0.717, 1.165) is 29.7 Å². The summed E-state index contributed by atoms with van der Waals surface area (Å²) in [7, 11) is 1.75. The number of aryl methyl sites for hydroxylation is 2. The van der Waals surface area contributed by atoms with Crippen LogP contribution in [0.2, 0.25) is 0 Å². The van der Waals surface area contributed by atoms with Gasteiger partial charge in [0, 0.05) is 13.0 Å². The largest absolute Gasteiger partial charge is 0.493 e. The average Bonchev–Trinajstić information content (AvgIpc) is 3.15. The molecule has 4 rings (SSSR count). The fraction of sp³-hybridized carbons (Fsp3) is 0.417.